The zero-order chi connectivity index (χ0) is 14.7. The van der Waals surface area contributed by atoms with Crippen LogP contribution in [0.5, 0.6) is 11.5 Å². The van der Waals surface area contributed by atoms with E-state index >= 15 is 0 Å². The summed E-state index contributed by atoms with van der Waals surface area (Å²) in [5, 5.41) is 0. The summed E-state index contributed by atoms with van der Waals surface area (Å²) in [7, 11) is 0. The molecular weight excluding hydrogens is 255 g/mol. The van der Waals surface area contributed by atoms with E-state index in [9.17, 15) is 4.39 Å². The Labute approximate surface area is 118 Å². The smallest absolute Gasteiger partial charge is 0.166 e. The molecule has 0 spiro atoms. The number of benzene rings is 1. The molecule has 1 unspecified atom stereocenters. The minimum absolute atomic E-state index is 0.190. The summed E-state index contributed by atoms with van der Waals surface area (Å²) in [4.78, 5) is 4.40. The van der Waals surface area contributed by atoms with Crippen LogP contribution in [0.1, 0.15) is 36.8 Å². The third-order valence-corrected chi connectivity index (χ3v) is 3.11. The van der Waals surface area contributed by atoms with Crippen LogP contribution in [0.2, 0.25) is 0 Å². The average Bonchev–Trinajstić information content (AvgIpc) is 2.42. The van der Waals surface area contributed by atoms with Crippen LogP contribution in [0.3, 0.4) is 0 Å². The molecule has 1 atom stereocenters. The first-order valence-electron chi connectivity index (χ1n) is 6.70. The first-order valence-corrected chi connectivity index (χ1v) is 6.70. The predicted molar refractivity (Wildman–Crippen MR) is 77.4 cm³/mol. The molecule has 0 aliphatic heterocycles. The second-order valence-electron chi connectivity index (χ2n) is 4.83. The number of aromatic nitrogens is 1. The van der Waals surface area contributed by atoms with Crippen LogP contribution >= 0.6 is 0 Å². The Bertz CT molecular complexity index is 611. The van der Waals surface area contributed by atoms with Gasteiger partial charge in [-0.15, -0.1) is 0 Å². The highest BCUT2D eigenvalue weighted by atomic mass is 19.1. The molecular formula is C16H19FN2O. The Morgan fingerprint density at radius 2 is 1.95 bits per heavy atom. The van der Waals surface area contributed by atoms with Gasteiger partial charge in [0.2, 0.25) is 0 Å². The number of aryl methyl sites for hydroxylation is 2. The largest absolute Gasteiger partial charge is 0.452 e. The lowest BCUT2D eigenvalue weighted by molar-refractivity contribution is 0.434. The summed E-state index contributed by atoms with van der Waals surface area (Å²) >= 11 is 0. The van der Waals surface area contributed by atoms with E-state index in [0.29, 0.717) is 5.75 Å². The second-order valence-corrected chi connectivity index (χ2v) is 4.83. The zero-order valence-corrected chi connectivity index (χ0v) is 12.0. The number of ether oxygens (including phenoxy) is 1. The van der Waals surface area contributed by atoms with Gasteiger partial charge in [-0.05, 0) is 50.1 Å². The number of halogens is 1. The lowest BCUT2D eigenvalue weighted by atomic mass is 10.1. The van der Waals surface area contributed by atoms with E-state index in [0.717, 1.165) is 23.4 Å². The second kappa shape index (κ2) is 6.01. The predicted octanol–water partition coefficient (Wildman–Crippen LogP) is 3.90. The molecule has 20 heavy (non-hydrogen) atoms. The van der Waals surface area contributed by atoms with Crippen molar-refractivity contribution in [2.45, 2.75) is 33.2 Å². The van der Waals surface area contributed by atoms with E-state index in [1.165, 1.54) is 6.07 Å². The van der Waals surface area contributed by atoms with Crippen molar-refractivity contribution in [2.75, 3.05) is 0 Å². The number of nitrogens with two attached hydrogens (primary N) is 1. The minimum Gasteiger partial charge on any atom is -0.452 e. The molecule has 0 amide bonds. The molecule has 1 aromatic carbocycles. The van der Waals surface area contributed by atoms with E-state index < -0.39 is 5.82 Å². The fourth-order valence-corrected chi connectivity index (χ4v) is 1.95. The van der Waals surface area contributed by atoms with E-state index in [4.69, 9.17) is 10.5 Å². The maximum Gasteiger partial charge on any atom is 0.166 e. The van der Waals surface area contributed by atoms with E-state index in [1.807, 2.05) is 32.9 Å². The van der Waals surface area contributed by atoms with Gasteiger partial charge in [-0.1, -0.05) is 13.0 Å². The summed E-state index contributed by atoms with van der Waals surface area (Å²) in [5.74, 6) is 0.364. The fourth-order valence-electron chi connectivity index (χ4n) is 1.95. The third kappa shape index (κ3) is 3.14. The number of nitrogens with zero attached hydrogens (tertiary/aromatic N) is 1. The van der Waals surface area contributed by atoms with Gasteiger partial charge in [-0.2, -0.15) is 0 Å². The molecule has 4 heteroatoms. The molecule has 2 N–H and O–H groups in total. The van der Waals surface area contributed by atoms with Gasteiger partial charge in [-0.3, -0.25) is 4.98 Å². The highest BCUT2D eigenvalue weighted by Crippen LogP contribution is 2.28. The quantitative estimate of drug-likeness (QED) is 0.919. The lowest BCUT2D eigenvalue weighted by Gasteiger charge is -2.12. The normalized spacial score (nSPS) is 12.2. The van der Waals surface area contributed by atoms with E-state index in [2.05, 4.69) is 4.98 Å². The molecule has 2 aromatic rings. The first-order chi connectivity index (χ1) is 9.51. The van der Waals surface area contributed by atoms with Crippen LogP contribution in [0.25, 0.3) is 0 Å². The van der Waals surface area contributed by atoms with Gasteiger partial charge in [0, 0.05) is 11.7 Å². The van der Waals surface area contributed by atoms with E-state index in [1.54, 1.807) is 12.1 Å². The van der Waals surface area contributed by atoms with Crippen LogP contribution in [0, 0.1) is 12.7 Å². The van der Waals surface area contributed by atoms with Gasteiger partial charge in [0.1, 0.15) is 5.75 Å². The van der Waals surface area contributed by atoms with Gasteiger partial charge in [0.15, 0.2) is 11.6 Å². The SMILES string of the molecule is CCc1nc(C)ccc1Oc1ccc(C(C)N)cc1F. The van der Waals surface area contributed by atoms with Crippen LogP contribution in [0.4, 0.5) is 4.39 Å². The van der Waals surface area contributed by atoms with Gasteiger partial charge in [-0.25, -0.2) is 4.39 Å². The van der Waals surface area contributed by atoms with Gasteiger partial charge in [0.05, 0.1) is 5.69 Å². The first kappa shape index (κ1) is 14.5. The van der Waals surface area contributed by atoms with Crippen LogP contribution < -0.4 is 10.5 Å². The Kier molecular flexibility index (Phi) is 4.35. The lowest BCUT2D eigenvalue weighted by Crippen LogP contribution is -2.05. The summed E-state index contributed by atoms with van der Waals surface area (Å²) < 4.78 is 19.7. The molecule has 2 rings (SSSR count). The highest BCUT2D eigenvalue weighted by Gasteiger charge is 2.11. The van der Waals surface area contributed by atoms with Gasteiger partial charge < -0.3 is 10.5 Å². The van der Waals surface area contributed by atoms with Crippen molar-refractivity contribution < 1.29 is 9.13 Å². The molecule has 3 nitrogen and oxygen atoms in total. The third-order valence-electron chi connectivity index (χ3n) is 3.11. The van der Waals surface area contributed by atoms with Crippen LogP contribution in [-0.2, 0) is 6.42 Å². The number of hydrogen-bond donors (Lipinski definition) is 1. The van der Waals surface area contributed by atoms with Gasteiger partial charge >= 0.3 is 0 Å². The number of pyridine rings is 1. The number of rotatable bonds is 4. The Hall–Kier alpha value is -1.94. The Balaban J connectivity index is 2.30. The standard InChI is InChI=1S/C16H19FN2O/c1-4-14-16(7-5-10(2)19-14)20-15-8-6-12(11(3)18)9-13(15)17/h5-9,11H,4,18H2,1-3H3. The van der Waals surface area contributed by atoms with Crippen LogP contribution in [0.15, 0.2) is 30.3 Å². The summed E-state index contributed by atoms with van der Waals surface area (Å²) in [6.45, 7) is 5.72. The zero-order valence-electron chi connectivity index (χ0n) is 12.0. The Morgan fingerprint density at radius 1 is 1.25 bits per heavy atom. The molecule has 1 heterocycles. The number of hydrogen-bond acceptors (Lipinski definition) is 3. The topological polar surface area (TPSA) is 48.1 Å². The molecule has 0 saturated carbocycles. The molecule has 0 radical (unpaired) electrons. The Morgan fingerprint density at radius 3 is 2.55 bits per heavy atom. The minimum atomic E-state index is -0.414. The maximum atomic E-state index is 14.0. The summed E-state index contributed by atoms with van der Waals surface area (Å²) in [6.07, 6.45) is 0.733. The molecule has 0 fully saturated rings. The van der Waals surface area contributed by atoms with Crippen molar-refractivity contribution in [3.63, 3.8) is 0 Å². The molecule has 0 aliphatic carbocycles. The van der Waals surface area contributed by atoms with Crippen molar-refractivity contribution in [3.8, 4) is 11.5 Å². The van der Waals surface area contributed by atoms with Crippen molar-refractivity contribution in [1.29, 1.82) is 0 Å². The van der Waals surface area contributed by atoms with Crippen molar-refractivity contribution in [2.24, 2.45) is 5.73 Å². The van der Waals surface area contributed by atoms with Gasteiger partial charge in [0.25, 0.3) is 0 Å². The molecule has 1 aromatic heterocycles. The monoisotopic (exact) mass is 274 g/mol. The van der Waals surface area contributed by atoms with Crippen molar-refractivity contribution in [1.82, 2.24) is 4.98 Å². The average molecular weight is 274 g/mol. The molecule has 0 bridgehead atoms. The fraction of sp³-hybridized carbons (Fsp3) is 0.312. The molecule has 106 valence electrons. The summed E-state index contributed by atoms with van der Waals surface area (Å²) in [5.41, 5.74) is 8.21. The van der Waals surface area contributed by atoms with E-state index in [-0.39, 0.29) is 11.8 Å². The summed E-state index contributed by atoms with van der Waals surface area (Å²) in [6, 6.07) is 8.26. The highest BCUT2D eigenvalue weighted by molar-refractivity contribution is 5.37. The van der Waals surface area contributed by atoms with Crippen molar-refractivity contribution in [3.05, 3.63) is 53.1 Å². The van der Waals surface area contributed by atoms with Crippen LogP contribution in [-0.4, -0.2) is 4.98 Å². The maximum absolute atomic E-state index is 14.0. The molecule has 0 aliphatic rings. The molecule has 0 saturated heterocycles. The van der Waals surface area contributed by atoms with Crippen molar-refractivity contribution >= 4 is 0 Å².